The van der Waals surface area contributed by atoms with Crippen molar-refractivity contribution in [2.75, 3.05) is 5.43 Å². The van der Waals surface area contributed by atoms with Crippen LogP contribution < -0.4 is 16.4 Å². The van der Waals surface area contributed by atoms with E-state index in [0.29, 0.717) is 34.4 Å². The van der Waals surface area contributed by atoms with Crippen molar-refractivity contribution in [3.05, 3.63) is 106 Å². The molecular weight excluding hydrogens is 459 g/mol. The van der Waals surface area contributed by atoms with E-state index >= 15 is 0 Å². The number of carbonyl (C=O) groups excluding carboxylic acids is 1. The normalized spacial score (nSPS) is 11.0. The molecule has 0 saturated heterocycles. The number of para-hydroxylation sites is 1. The Morgan fingerprint density at radius 1 is 1.00 bits per heavy atom. The van der Waals surface area contributed by atoms with Gasteiger partial charge in [0.25, 0.3) is 11.5 Å². The standard InChI is InChI=1S/C27H23FN6O2/c1-3-33-26(36)21-6-4-5-7-23(21)29-27(33)31-30-25(35)22-16-34(20-14-12-19(28)13-15-20)32-24(22)18-10-8-17(2)9-11-18/h4-16H,3H2,1-2H3,(H,29,31)(H,30,35). The molecule has 5 aromatic rings. The molecule has 2 aromatic heterocycles. The number of nitrogens with one attached hydrogen (secondary N) is 2. The molecule has 0 unspecified atom stereocenters. The van der Waals surface area contributed by atoms with Crippen LogP contribution in [-0.2, 0) is 6.54 Å². The predicted octanol–water partition coefficient (Wildman–Crippen LogP) is 4.47. The molecule has 8 nitrogen and oxygen atoms in total. The van der Waals surface area contributed by atoms with Crippen LogP contribution in [0.15, 0.2) is 83.8 Å². The van der Waals surface area contributed by atoms with Crippen LogP contribution in [0.2, 0.25) is 0 Å². The zero-order valence-electron chi connectivity index (χ0n) is 19.7. The molecule has 36 heavy (non-hydrogen) atoms. The van der Waals surface area contributed by atoms with Crippen molar-refractivity contribution in [1.29, 1.82) is 0 Å². The minimum absolute atomic E-state index is 0.204. The second-order valence-corrected chi connectivity index (χ2v) is 8.26. The molecule has 0 aliphatic heterocycles. The predicted molar refractivity (Wildman–Crippen MR) is 136 cm³/mol. The molecule has 0 radical (unpaired) electrons. The highest BCUT2D eigenvalue weighted by molar-refractivity contribution is 6.00. The SMILES string of the molecule is CCn1c(NNC(=O)c2cn(-c3ccc(F)cc3)nc2-c2ccc(C)cc2)nc2ccccc2c1=O. The number of fused-ring (bicyclic) bond motifs is 1. The molecule has 180 valence electrons. The molecule has 0 aliphatic rings. The third-order valence-corrected chi connectivity index (χ3v) is 5.84. The molecule has 0 atom stereocenters. The summed E-state index contributed by atoms with van der Waals surface area (Å²) < 4.78 is 16.4. The molecular formula is C27H23FN6O2. The Morgan fingerprint density at radius 3 is 2.44 bits per heavy atom. The molecule has 0 spiro atoms. The van der Waals surface area contributed by atoms with Gasteiger partial charge in [0.2, 0.25) is 5.95 Å². The van der Waals surface area contributed by atoms with Gasteiger partial charge in [0.1, 0.15) is 11.5 Å². The highest BCUT2D eigenvalue weighted by Gasteiger charge is 2.20. The maximum atomic E-state index is 13.4. The Hall–Kier alpha value is -4.79. The molecule has 3 aromatic carbocycles. The minimum atomic E-state index is -0.469. The molecule has 1 amide bonds. The van der Waals surface area contributed by atoms with E-state index in [1.54, 1.807) is 42.6 Å². The van der Waals surface area contributed by atoms with Crippen LogP contribution in [0.5, 0.6) is 0 Å². The second kappa shape index (κ2) is 9.46. The lowest BCUT2D eigenvalue weighted by molar-refractivity contribution is 0.0962. The first-order valence-electron chi connectivity index (χ1n) is 11.4. The van der Waals surface area contributed by atoms with Gasteiger partial charge in [0, 0.05) is 18.3 Å². The Kier molecular flexibility index (Phi) is 6.03. The third-order valence-electron chi connectivity index (χ3n) is 5.84. The van der Waals surface area contributed by atoms with Crippen molar-refractivity contribution in [3.8, 4) is 16.9 Å². The molecule has 0 aliphatic carbocycles. The van der Waals surface area contributed by atoms with Crippen LogP contribution >= 0.6 is 0 Å². The number of hydrogen-bond acceptors (Lipinski definition) is 5. The van der Waals surface area contributed by atoms with Gasteiger partial charge in [-0.25, -0.2) is 14.1 Å². The molecule has 0 saturated carbocycles. The van der Waals surface area contributed by atoms with Gasteiger partial charge >= 0.3 is 0 Å². The van der Waals surface area contributed by atoms with Crippen LogP contribution in [0.25, 0.3) is 27.8 Å². The highest BCUT2D eigenvalue weighted by atomic mass is 19.1. The van der Waals surface area contributed by atoms with Gasteiger partial charge in [0.05, 0.1) is 22.2 Å². The van der Waals surface area contributed by atoms with E-state index in [-0.39, 0.29) is 17.3 Å². The molecule has 0 bridgehead atoms. The smallest absolute Gasteiger partial charge is 0.273 e. The number of amides is 1. The van der Waals surface area contributed by atoms with E-state index in [1.807, 2.05) is 38.1 Å². The molecule has 0 fully saturated rings. The van der Waals surface area contributed by atoms with Gasteiger partial charge in [0.15, 0.2) is 0 Å². The summed E-state index contributed by atoms with van der Waals surface area (Å²) in [4.78, 5) is 30.7. The maximum absolute atomic E-state index is 13.4. The average Bonchev–Trinajstić information content (AvgIpc) is 3.34. The number of halogens is 1. The topological polar surface area (TPSA) is 93.8 Å². The monoisotopic (exact) mass is 482 g/mol. The van der Waals surface area contributed by atoms with E-state index in [1.165, 1.54) is 21.4 Å². The number of carbonyl (C=O) groups is 1. The highest BCUT2D eigenvalue weighted by Crippen LogP contribution is 2.24. The summed E-state index contributed by atoms with van der Waals surface area (Å²) in [6.45, 7) is 4.17. The van der Waals surface area contributed by atoms with Crippen molar-refractivity contribution in [1.82, 2.24) is 24.8 Å². The number of nitrogens with zero attached hydrogens (tertiary/aromatic N) is 4. The Labute approximate surface area is 206 Å². The van der Waals surface area contributed by atoms with E-state index < -0.39 is 5.91 Å². The van der Waals surface area contributed by atoms with Gasteiger partial charge in [-0.05, 0) is 50.2 Å². The number of aromatic nitrogens is 4. The molecule has 2 heterocycles. The zero-order valence-corrected chi connectivity index (χ0v) is 19.7. The van der Waals surface area contributed by atoms with Crippen molar-refractivity contribution in [3.63, 3.8) is 0 Å². The molecule has 2 N–H and O–H groups in total. The summed E-state index contributed by atoms with van der Waals surface area (Å²) in [6.07, 6.45) is 1.58. The van der Waals surface area contributed by atoms with Crippen LogP contribution in [-0.4, -0.2) is 25.2 Å². The Balaban J connectivity index is 1.50. The fourth-order valence-corrected chi connectivity index (χ4v) is 3.93. The zero-order chi connectivity index (χ0) is 25.2. The van der Waals surface area contributed by atoms with Gasteiger partial charge in [-0.1, -0.05) is 42.0 Å². The Bertz CT molecular complexity index is 1620. The van der Waals surface area contributed by atoms with Crippen LogP contribution in [0, 0.1) is 12.7 Å². The first kappa shape index (κ1) is 23.0. The fraction of sp³-hybridized carbons (Fsp3) is 0.111. The van der Waals surface area contributed by atoms with Crippen molar-refractivity contribution in [2.45, 2.75) is 20.4 Å². The van der Waals surface area contributed by atoms with E-state index in [0.717, 1.165) is 11.1 Å². The summed E-state index contributed by atoms with van der Waals surface area (Å²) >= 11 is 0. The van der Waals surface area contributed by atoms with E-state index in [9.17, 15) is 14.0 Å². The second-order valence-electron chi connectivity index (χ2n) is 8.26. The summed E-state index contributed by atoms with van der Waals surface area (Å²) in [5, 5.41) is 5.11. The first-order valence-corrected chi connectivity index (χ1v) is 11.4. The molecule has 9 heteroatoms. The number of rotatable bonds is 6. The van der Waals surface area contributed by atoms with E-state index in [2.05, 4.69) is 20.9 Å². The van der Waals surface area contributed by atoms with Gasteiger partial charge in [-0.3, -0.25) is 25.0 Å². The summed E-state index contributed by atoms with van der Waals surface area (Å²) in [5.74, 6) is -0.613. The lowest BCUT2D eigenvalue weighted by Crippen LogP contribution is -2.34. The van der Waals surface area contributed by atoms with Crippen LogP contribution in [0.4, 0.5) is 10.3 Å². The first-order chi connectivity index (χ1) is 17.4. The summed E-state index contributed by atoms with van der Waals surface area (Å²) in [5.41, 5.74) is 8.95. The average molecular weight is 483 g/mol. The van der Waals surface area contributed by atoms with Crippen molar-refractivity contribution >= 4 is 22.8 Å². The van der Waals surface area contributed by atoms with Crippen molar-refractivity contribution in [2.24, 2.45) is 0 Å². The van der Waals surface area contributed by atoms with Crippen molar-refractivity contribution < 1.29 is 9.18 Å². The number of hydrogen-bond donors (Lipinski definition) is 2. The maximum Gasteiger partial charge on any atom is 0.273 e. The van der Waals surface area contributed by atoms with Gasteiger partial charge in [-0.15, -0.1) is 0 Å². The quantitative estimate of drug-likeness (QED) is 0.348. The lowest BCUT2D eigenvalue weighted by Gasteiger charge is -2.14. The lowest BCUT2D eigenvalue weighted by atomic mass is 10.1. The third kappa shape index (κ3) is 4.34. The van der Waals surface area contributed by atoms with Crippen LogP contribution in [0.3, 0.4) is 0 Å². The van der Waals surface area contributed by atoms with Crippen LogP contribution in [0.1, 0.15) is 22.8 Å². The van der Waals surface area contributed by atoms with Gasteiger partial charge < -0.3 is 0 Å². The largest absolute Gasteiger partial charge is 0.277 e. The minimum Gasteiger partial charge on any atom is -0.277 e. The number of hydrazine groups is 1. The molecule has 5 rings (SSSR count). The summed E-state index contributed by atoms with van der Waals surface area (Å²) in [6, 6.07) is 20.5. The van der Waals surface area contributed by atoms with E-state index in [4.69, 9.17) is 0 Å². The number of anilines is 1. The summed E-state index contributed by atoms with van der Waals surface area (Å²) in [7, 11) is 0. The number of benzene rings is 3. The number of aryl methyl sites for hydroxylation is 1. The Morgan fingerprint density at radius 2 is 1.72 bits per heavy atom. The fourth-order valence-electron chi connectivity index (χ4n) is 3.93. The van der Waals surface area contributed by atoms with Gasteiger partial charge in [-0.2, -0.15) is 5.10 Å².